The number of carboxylic acids is 1. The number of hydrogen-bond donors (Lipinski definition) is 1. The van der Waals surface area contributed by atoms with E-state index in [1.165, 1.54) is 10.9 Å². The van der Waals surface area contributed by atoms with E-state index in [-0.39, 0.29) is 5.56 Å². The molecule has 0 bridgehead atoms. The Labute approximate surface area is 108 Å². The molecule has 0 aliphatic heterocycles. The highest BCUT2D eigenvalue weighted by Crippen LogP contribution is 2.13. The fourth-order valence-electron chi connectivity index (χ4n) is 1.85. The number of carboxylic acid groups (broad SMARTS) is 1. The van der Waals surface area contributed by atoms with E-state index in [1.807, 2.05) is 24.3 Å². The maximum absolute atomic E-state index is 11.0. The van der Waals surface area contributed by atoms with Gasteiger partial charge in [0.2, 0.25) is 0 Å². The van der Waals surface area contributed by atoms with Crippen LogP contribution in [0.15, 0.2) is 36.7 Å². The summed E-state index contributed by atoms with van der Waals surface area (Å²) in [6.07, 6.45) is 3.11. The molecule has 3 aromatic rings. The minimum atomic E-state index is -1.01. The van der Waals surface area contributed by atoms with Crippen molar-refractivity contribution in [3.05, 3.63) is 47.9 Å². The molecule has 6 heteroatoms. The van der Waals surface area contributed by atoms with Gasteiger partial charge in [0.1, 0.15) is 5.56 Å². The van der Waals surface area contributed by atoms with Crippen molar-refractivity contribution < 1.29 is 9.90 Å². The van der Waals surface area contributed by atoms with E-state index in [2.05, 4.69) is 15.1 Å². The molecule has 19 heavy (non-hydrogen) atoms. The standard InChI is InChI=1S/C13H10N4O2/c1-8-10(12(18)19)7-17(16-8)13-14-6-9-4-2-3-5-11(9)15-13/h2-7H,1H3,(H,18,19). The molecule has 0 unspecified atom stereocenters. The molecule has 0 saturated heterocycles. The van der Waals surface area contributed by atoms with Gasteiger partial charge in [-0.1, -0.05) is 18.2 Å². The molecule has 0 radical (unpaired) electrons. The summed E-state index contributed by atoms with van der Waals surface area (Å²) in [7, 11) is 0. The Hall–Kier alpha value is -2.76. The van der Waals surface area contributed by atoms with Crippen LogP contribution in [0.25, 0.3) is 16.9 Å². The van der Waals surface area contributed by atoms with E-state index < -0.39 is 5.97 Å². The second-order valence-electron chi connectivity index (χ2n) is 4.11. The Balaban J connectivity index is 2.13. The first-order valence-corrected chi connectivity index (χ1v) is 5.67. The summed E-state index contributed by atoms with van der Waals surface area (Å²) >= 11 is 0. The van der Waals surface area contributed by atoms with Crippen LogP contribution < -0.4 is 0 Å². The van der Waals surface area contributed by atoms with Crippen molar-refractivity contribution >= 4 is 16.9 Å². The third-order valence-corrected chi connectivity index (χ3v) is 2.81. The van der Waals surface area contributed by atoms with Crippen LogP contribution in [0.3, 0.4) is 0 Å². The highest BCUT2D eigenvalue weighted by atomic mass is 16.4. The minimum absolute atomic E-state index is 0.150. The van der Waals surface area contributed by atoms with Crippen LogP contribution >= 0.6 is 0 Å². The molecule has 3 rings (SSSR count). The van der Waals surface area contributed by atoms with E-state index >= 15 is 0 Å². The van der Waals surface area contributed by atoms with Gasteiger partial charge in [-0.05, 0) is 13.0 Å². The number of aryl methyl sites for hydroxylation is 1. The monoisotopic (exact) mass is 254 g/mol. The molecule has 0 saturated carbocycles. The van der Waals surface area contributed by atoms with Crippen molar-refractivity contribution in [3.8, 4) is 5.95 Å². The maximum atomic E-state index is 11.0. The molecular weight excluding hydrogens is 244 g/mol. The lowest BCUT2D eigenvalue weighted by molar-refractivity contribution is 0.0696. The molecule has 94 valence electrons. The first-order chi connectivity index (χ1) is 9.15. The van der Waals surface area contributed by atoms with Crippen molar-refractivity contribution in [2.45, 2.75) is 6.92 Å². The number of rotatable bonds is 2. The molecule has 2 heterocycles. The fraction of sp³-hybridized carbons (Fsp3) is 0.0769. The minimum Gasteiger partial charge on any atom is -0.478 e. The van der Waals surface area contributed by atoms with Crippen LogP contribution in [0.5, 0.6) is 0 Å². The van der Waals surface area contributed by atoms with Gasteiger partial charge >= 0.3 is 5.97 Å². The Morgan fingerprint density at radius 1 is 1.32 bits per heavy atom. The van der Waals surface area contributed by atoms with Gasteiger partial charge in [0, 0.05) is 17.8 Å². The molecule has 2 aromatic heterocycles. The largest absolute Gasteiger partial charge is 0.478 e. The summed E-state index contributed by atoms with van der Waals surface area (Å²) < 4.78 is 1.38. The van der Waals surface area contributed by atoms with Crippen LogP contribution in [0.4, 0.5) is 0 Å². The van der Waals surface area contributed by atoms with Crippen molar-refractivity contribution in [2.24, 2.45) is 0 Å². The number of carbonyl (C=O) groups is 1. The molecule has 0 amide bonds. The van der Waals surface area contributed by atoms with Gasteiger partial charge in [-0.2, -0.15) is 5.10 Å². The van der Waals surface area contributed by atoms with Crippen LogP contribution in [-0.2, 0) is 0 Å². The van der Waals surface area contributed by atoms with Crippen molar-refractivity contribution in [1.29, 1.82) is 0 Å². The van der Waals surface area contributed by atoms with Crippen LogP contribution in [0.2, 0.25) is 0 Å². The molecule has 0 fully saturated rings. The lowest BCUT2D eigenvalue weighted by atomic mass is 10.2. The summed E-state index contributed by atoms with van der Waals surface area (Å²) in [5.74, 6) is -0.654. The van der Waals surface area contributed by atoms with Crippen LogP contribution in [0, 0.1) is 6.92 Å². The van der Waals surface area contributed by atoms with Gasteiger partial charge in [0.25, 0.3) is 5.95 Å². The number of aromatic carboxylic acids is 1. The molecule has 0 atom stereocenters. The Morgan fingerprint density at radius 3 is 2.84 bits per heavy atom. The number of benzene rings is 1. The summed E-state index contributed by atoms with van der Waals surface area (Å²) in [6, 6.07) is 7.58. The SMILES string of the molecule is Cc1nn(-c2ncc3ccccc3n2)cc1C(=O)O. The number of hydrogen-bond acceptors (Lipinski definition) is 4. The average molecular weight is 254 g/mol. The van der Waals surface area contributed by atoms with Gasteiger partial charge in [0.05, 0.1) is 11.2 Å². The average Bonchev–Trinajstić information content (AvgIpc) is 2.80. The lowest BCUT2D eigenvalue weighted by Gasteiger charge is -2.00. The predicted octanol–water partition coefficient (Wildman–Crippen LogP) is 1.82. The predicted molar refractivity (Wildman–Crippen MR) is 68.4 cm³/mol. The number of fused-ring (bicyclic) bond motifs is 1. The Morgan fingerprint density at radius 2 is 2.11 bits per heavy atom. The highest BCUT2D eigenvalue weighted by Gasteiger charge is 2.13. The number of aromatic nitrogens is 4. The van der Waals surface area contributed by atoms with Gasteiger partial charge in [-0.3, -0.25) is 0 Å². The fourth-order valence-corrected chi connectivity index (χ4v) is 1.85. The van der Waals surface area contributed by atoms with Gasteiger partial charge < -0.3 is 5.11 Å². The summed E-state index contributed by atoms with van der Waals surface area (Å²) in [5.41, 5.74) is 1.37. The second kappa shape index (κ2) is 4.16. The molecule has 1 aromatic carbocycles. The van der Waals surface area contributed by atoms with Crippen molar-refractivity contribution in [1.82, 2.24) is 19.7 Å². The van der Waals surface area contributed by atoms with Crippen LogP contribution in [-0.4, -0.2) is 30.8 Å². The van der Waals surface area contributed by atoms with E-state index in [9.17, 15) is 4.79 Å². The normalized spacial score (nSPS) is 10.8. The van der Waals surface area contributed by atoms with E-state index in [0.717, 1.165) is 10.9 Å². The number of para-hydroxylation sites is 1. The molecular formula is C13H10N4O2. The molecule has 0 aliphatic rings. The van der Waals surface area contributed by atoms with Gasteiger partial charge in [0.15, 0.2) is 0 Å². The number of nitrogens with zero attached hydrogens (tertiary/aromatic N) is 4. The van der Waals surface area contributed by atoms with E-state index in [0.29, 0.717) is 11.6 Å². The smallest absolute Gasteiger partial charge is 0.339 e. The zero-order valence-electron chi connectivity index (χ0n) is 10.1. The summed E-state index contributed by atoms with van der Waals surface area (Å²) in [5, 5.41) is 14.0. The third-order valence-electron chi connectivity index (χ3n) is 2.81. The zero-order valence-corrected chi connectivity index (χ0v) is 10.1. The summed E-state index contributed by atoms with van der Waals surface area (Å²) in [4.78, 5) is 19.5. The maximum Gasteiger partial charge on any atom is 0.339 e. The van der Waals surface area contributed by atoms with Crippen molar-refractivity contribution in [2.75, 3.05) is 0 Å². The van der Waals surface area contributed by atoms with Gasteiger partial charge in [-0.15, -0.1) is 0 Å². The van der Waals surface area contributed by atoms with Gasteiger partial charge in [-0.25, -0.2) is 19.4 Å². The quantitative estimate of drug-likeness (QED) is 0.754. The van der Waals surface area contributed by atoms with Crippen molar-refractivity contribution in [3.63, 3.8) is 0 Å². The Kier molecular flexibility index (Phi) is 2.49. The van der Waals surface area contributed by atoms with E-state index in [1.54, 1.807) is 13.1 Å². The topological polar surface area (TPSA) is 80.9 Å². The second-order valence-corrected chi connectivity index (χ2v) is 4.11. The first kappa shape index (κ1) is 11.3. The first-order valence-electron chi connectivity index (χ1n) is 5.67. The molecule has 0 spiro atoms. The highest BCUT2D eigenvalue weighted by molar-refractivity contribution is 5.88. The Bertz CT molecular complexity index is 779. The molecule has 1 N–H and O–H groups in total. The zero-order chi connectivity index (χ0) is 13.4. The molecule has 0 aliphatic carbocycles. The third kappa shape index (κ3) is 1.93. The summed E-state index contributed by atoms with van der Waals surface area (Å²) in [6.45, 7) is 1.64. The molecule has 6 nitrogen and oxygen atoms in total. The lowest BCUT2D eigenvalue weighted by Crippen LogP contribution is -2.01. The van der Waals surface area contributed by atoms with Crippen LogP contribution in [0.1, 0.15) is 16.1 Å². The van der Waals surface area contributed by atoms with E-state index in [4.69, 9.17) is 5.11 Å².